The monoisotopic (exact) mass is 434 g/mol. The summed E-state index contributed by atoms with van der Waals surface area (Å²) in [6, 6.07) is 11.1. The summed E-state index contributed by atoms with van der Waals surface area (Å²) in [6.45, 7) is 4.45. The number of aryl methyl sites for hydroxylation is 2. The van der Waals surface area contributed by atoms with Crippen LogP contribution in [0.5, 0.6) is 11.5 Å². The second-order valence-corrected chi connectivity index (χ2v) is 9.16. The molecule has 0 aliphatic rings. The molecule has 0 saturated carbocycles. The summed E-state index contributed by atoms with van der Waals surface area (Å²) in [5.41, 5.74) is 3.49. The highest BCUT2D eigenvalue weighted by Gasteiger charge is 2.18. The number of methoxy groups -OCH3 is 2. The average molecular weight is 435 g/mol. The molecule has 2 aromatic rings. The molecule has 0 atom stereocenters. The van der Waals surface area contributed by atoms with Crippen molar-refractivity contribution in [2.75, 3.05) is 31.3 Å². The molecule has 0 unspecified atom stereocenters. The van der Waals surface area contributed by atoms with Crippen LogP contribution >= 0.6 is 0 Å². The quantitative estimate of drug-likeness (QED) is 0.621. The van der Waals surface area contributed by atoms with E-state index in [1.54, 1.807) is 20.3 Å². The fourth-order valence-electron chi connectivity index (χ4n) is 3.24. The summed E-state index contributed by atoms with van der Waals surface area (Å²) in [5, 5.41) is 2.85. The van der Waals surface area contributed by atoms with Crippen molar-refractivity contribution in [2.24, 2.45) is 0 Å². The molecule has 0 aromatic heterocycles. The number of anilines is 1. The van der Waals surface area contributed by atoms with E-state index in [-0.39, 0.29) is 18.9 Å². The van der Waals surface area contributed by atoms with Gasteiger partial charge in [0.2, 0.25) is 15.9 Å². The number of amides is 1. The molecule has 0 heterocycles. The van der Waals surface area contributed by atoms with Gasteiger partial charge in [-0.25, -0.2) is 8.42 Å². The zero-order valence-electron chi connectivity index (χ0n) is 18.2. The van der Waals surface area contributed by atoms with Gasteiger partial charge in [0.1, 0.15) is 0 Å². The molecule has 30 heavy (non-hydrogen) atoms. The van der Waals surface area contributed by atoms with Gasteiger partial charge in [-0.2, -0.15) is 0 Å². The van der Waals surface area contributed by atoms with E-state index in [4.69, 9.17) is 9.47 Å². The number of rotatable bonds is 10. The Hall–Kier alpha value is -2.74. The highest BCUT2D eigenvalue weighted by Crippen LogP contribution is 2.27. The van der Waals surface area contributed by atoms with E-state index in [1.807, 2.05) is 44.2 Å². The Morgan fingerprint density at radius 3 is 2.20 bits per heavy atom. The molecule has 1 N–H and O–H groups in total. The molecule has 0 radical (unpaired) electrons. The summed E-state index contributed by atoms with van der Waals surface area (Å²) < 4.78 is 36.3. The Labute approximate surface area is 179 Å². The number of hydrogen-bond donors (Lipinski definition) is 1. The molecule has 1 amide bonds. The van der Waals surface area contributed by atoms with Crippen molar-refractivity contribution in [1.82, 2.24) is 5.32 Å². The van der Waals surface area contributed by atoms with Crippen LogP contribution in [0, 0.1) is 13.8 Å². The van der Waals surface area contributed by atoms with E-state index in [0.29, 0.717) is 30.2 Å². The maximum absolute atomic E-state index is 12.3. The molecule has 2 rings (SSSR count). The van der Waals surface area contributed by atoms with Crippen molar-refractivity contribution in [3.05, 3.63) is 53.1 Å². The number of carbonyl (C=O) groups is 1. The molecule has 0 aliphatic carbocycles. The average Bonchev–Trinajstić information content (AvgIpc) is 2.67. The first-order chi connectivity index (χ1) is 14.1. The fraction of sp³-hybridized carbons (Fsp3) is 0.409. The predicted octanol–water partition coefficient (Wildman–Crippen LogP) is 3.18. The first kappa shape index (κ1) is 23.5. The van der Waals surface area contributed by atoms with Crippen LogP contribution in [0.1, 0.15) is 29.5 Å². The third-order valence-corrected chi connectivity index (χ3v) is 5.79. The molecule has 7 nitrogen and oxygen atoms in total. The van der Waals surface area contributed by atoms with Gasteiger partial charge < -0.3 is 14.8 Å². The minimum Gasteiger partial charge on any atom is -0.493 e. The second kappa shape index (κ2) is 10.3. The van der Waals surface area contributed by atoms with Crippen molar-refractivity contribution >= 4 is 21.6 Å². The molecule has 164 valence electrons. The molecule has 0 spiro atoms. The summed E-state index contributed by atoms with van der Waals surface area (Å²) >= 11 is 0. The number of hydrogen-bond acceptors (Lipinski definition) is 5. The summed E-state index contributed by atoms with van der Waals surface area (Å²) in [6.07, 6.45) is 1.82. The molecule has 0 bridgehead atoms. The Morgan fingerprint density at radius 1 is 1.00 bits per heavy atom. The minimum atomic E-state index is -3.44. The second-order valence-electron chi connectivity index (χ2n) is 7.25. The van der Waals surface area contributed by atoms with Crippen LogP contribution in [-0.2, 0) is 21.4 Å². The van der Waals surface area contributed by atoms with Crippen LogP contribution in [0.3, 0.4) is 0 Å². The third kappa shape index (κ3) is 6.66. The number of nitrogens with one attached hydrogen (secondary N) is 1. The van der Waals surface area contributed by atoms with Crippen molar-refractivity contribution in [3.8, 4) is 11.5 Å². The standard InChI is InChI=1S/C22H30N2O5S/c1-16-11-17(2)13-19(12-16)24(30(5,26)27)10-6-7-22(25)23-15-18-8-9-20(28-3)21(14-18)29-4/h8-9,11-14H,6-7,10,15H2,1-5H3,(H,23,25). The number of ether oxygens (including phenoxy) is 2. The zero-order valence-corrected chi connectivity index (χ0v) is 19.0. The molecular formula is C22H30N2O5S. The molecule has 0 fully saturated rings. The van der Waals surface area contributed by atoms with Gasteiger partial charge in [0.05, 0.1) is 26.2 Å². The molecule has 8 heteroatoms. The summed E-state index contributed by atoms with van der Waals surface area (Å²) in [4.78, 5) is 12.2. The van der Waals surface area contributed by atoms with E-state index in [0.717, 1.165) is 16.7 Å². The normalized spacial score (nSPS) is 11.1. The third-order valence-electron chi connectivity index (χ3n) is 4.60. The number of sulfonamides is 1. The minimum absolute atomic E-state index is 0.140. The van der Waals surface area contributed by atoms with Crippen LogP contribution in [0.25, 0.3) is 0 Å². The number of nitrogens with zero attached hydrogens (tertiary/aromatic N) is 1. The first-order valence-electron chi connectivity index (χ1n) is 9.67. The van der Waals surface area contributed by atoms with Gasteiger partial charge in [-0.15, -0.1) is 0 Å². The predicted molar refractivity (Wildman–Crippen MR) is 119 cm³/mol. The molecule has 0 saturated heterocycles. The van der Waals surface area contributed by atoms with Crippen molar-refractivity contribution in [1.29, 1.82) is 0 Å². The highest BCUT2D eigenvalue weighted by atomic mass is 32.2. The van der Waals surface area contributed by atoms with Crippen LogP contribution in [0.15, 0.2) is 36.4 Å². The fourth-order valence-corrected chi connectivity index (χ4v) is 4.19. The Kier molecular flexibility index (Phi) is 8.11. The van der Waals surface area contributed by atoms with Gasteiger partial charge in [-0.1, -0.05) is 12.1 Å². The van der Waals surface area contributed by atoms with Crippen LogP contribution in [0.2, 0.25) is 0 Å². The highest BCUT2D eigenvalue weighted by molar-refractivity contribution is 7.92. The smallest absolute Gasteiger partial charge is 0.232 e. The molecule has 2 aromatic carbocycles. The zero-order chi connectivity index (χ0) is 22.3. The van der Waals surface area contributed by atoms with E-state index >= 15 is 0 Å². The van der Waals surface area contributed by atoms with Crippen LogP contribution in [-0.4, -0.2) is 41.3 Å². The Morgan fingerprint density at radius 2 is 1.63 bits per heavy atom. The lowest BCUT2D eigenvalue weighted by Gasteiger charge is -2.23. The lowest BCUT2D eigenvalue weighted by molar-refractivity contribution is -0.121. The SMILES string of the molecule is COc1ccc(CNC(=O)CCCN(c2cc(C)cc(C)c2)S(C)(=O)=O)cc1OC. The topological polar surface area (TPSA) is 84.9 Å². The van der Waals surface area contributed by atoms with Crippen molar-refractivity contribution in [3.63, 3.8) is 0 Å². The van der Waals surface area contributed by atoms with Gasteiger partial charge in [0.25, 0.3) is 0 Å². The summed E-state index contributed by atoms with van der Waals surface area (Å²) in [5.74, 6) is 1.08. The van der Waals surface area contributed by atoms with Crippen LogP contribution in [0.4, 0.5) is 5.69 Å². The van der Waals surface area contributed by atoms with Crippen LogP contribution < -0.4 is 19.1 Å². The lowest BCUT2D eigenvalue weighted by atomic mass is 10.1. The number of carbonyl (C=O) groups excluding carboxylic acids is 1. The first-order valence-corrected chi connectivity index (χ1v) is 11.5. The molecular weight excluding hydrogens is 404 g/mol. The lowest BCUT2D eigenvalue weighted by Crippen LogP contribution is -2.32. The largest absolute Gasteiger partial charge is 0.493 e. The molecule has 0 aliphatic heterocycles. The van der Waals surface area contributed by atoms with Gasteiger partial charge in [0.15, 0.2) is 11.5 Å². The Bertz CT molecular complexity index is 969. The Balaban J connectivity index is 1.93. The summed E-state index contributed by atoms with van der Waals surface area (Å²) in [7, 11) is -0.318. The maximum atomic E-state index is 12.3. The van der Waals surface area contributed by atoms with E-state index in [9.17, 15) is 13.2 Å². The van der Waals surface area contributed by atoms with Gasteiger partial charge in [-0.05, 0) is 61.2 Å². The van der Waals surface area contributed by atoms with E-state index in [1.165, 1.54) is 10.6 Å². The van der Waals surface area contributed by atoms with Gasteiger partial charge in [-0.3, -0.25) is 9.10 Å². The van der Waals surface area contributed by atoms with Crippen molar-refractivity contribution in [2.45, 2.75) is 33.2 Å². The van der Waals surface area contributed by atoms with Gasteiger partial charge in [0, 0.05) is 19.5 Å². The van der Waals surface area contributed by atoms with E-state index in [2.05, 4.69) is 5.32 Å². The maximum Gasteiger partial charge on any atom is 0.232 e. The number of benzene rings is 2. The van der Waals surface area contributed by atoms with E-state index < -0.39 is 10.0 Å². The van der Waals surface area contributed by atoms with Gasteiger partial charge >= 0.3 is 0 Å². The van der Waals surface area contributed by atoms with Crippen molar-refractivity contribution < 1.29 is 22.7 Å².